The summed E-state index contributed by atoms with van der Waals surface area (Å²) in [5.74, 6) is 1.62. The van der Waals surface area contributed by atoms with Crippen LogP contribution in [0.4, 0.5) is 5.82 Å². The first-order valence-corrected chi connectivity index (χ1v) is 11.4. The Morgan fingerprint density at radius 1 is 1.06 bits per heavy atom. The van der Waals surface area contributed by atoms with E-state index in [0.29, 0.717) is 25.1 Å². The summed E-state index contributed by atoms with van der Waals surface area (Å²) in [6.45, 7) is 3.36. The topological polar surface area (TPSA) is 102 Å². The number of ketones is 1. The summed E-state index contributed by atoms with van der Waals surface area (Å²) in [4.78, 5) is 30.9. The van der Waals surface area contributed by atoms with Crippen molar-refractivity contribution in [3.8, 4) is 11.3 Å². The zero-order chi connectivity index (χ0) is 21.8. The van der Waals surface area contributed by atoms with Crippen LogP contribution in [-0.2, 0) is 16.0 Å². The molecule has 3 aromatic rings. The van der Waals surface area contributed by atoms with E-state index in [9.17, 15) is 4.79 Å². The second kappa shape index (κ2) is 9.67. The van der Waals surface area contributed by atoms with Crippen molar-refractivity contribution in [2.45, 2.75) is 38.1 Å². The minimum Gasteiger partial charge on any atom is -0.381 e. The highest BCUT2D eigenvalue weighted by Gasteiger charge is 2.22. The van der Waals surface area contributed by atoms with E-state index in [1.807, 2.05) is 18.2 Å². The molecule has 1 aromatic carbocycles. The van der Waals surface area contributed by atoms with Crippen LogP contribution in [0.5, 0.6) is 0 Å². The summed E-state index contributed by atoms with van der Waals surface area (Å²) in [6, 6.07) is 6.42. The first-order chi connectivity index (χ1) is 15.7. The van der Waals surface area contributed by atoms with Crippen LogP contribution in [-0.4, -0.2) is 58.1 Å². The van der Waals surface area contributed by atoms with Crippen molar-refractivity contribution in [3.63, 3.8) is 0 Å². The molecule has 2 fully saturated rings. The van der Waals surface area contributed by atoms with Gasteiger partial charge in [-0.15, -0.1) is 0 Å². The van der Waals surface area contributed by atoms with Crippen LogP contribution >= 0.6 is 0 Å². The van der Waals surface area contributed by atoms with Crippen LogP contribution in [0.1, 0.15) is 31.5 Å². The molecule has 0 atom stereocenters. The predicted molar refractivity (Wildman–Crippen MR) is 122 cm³/mol. The van der Waals surface area contributed by atoms with Gasteiger partial charge in [0.05, 0.1) is 30.0 Å². The first kappa shape index (κ1) is 20.9. The van der Waals surface area contributed by atoms with Crippen LogP contribution in [0.15, 0.2) is 36.8 Å². The van der Waals surface area contributed by atoms with Gasteiger partial charge in [-0.1, -0.05) is 12.1 Å². The molecule has 0 aliphatic carbocycles. The molecule has 32 heavy (non-hydrogen) atoms. The number of anilines is 1. The smallest absolute Gasteiger partial charge is 0.145 e. The Morgan fingerprint density at radius 2 is 1.91 bits per heavy atom. The summed E-state index contributed by atoms with van der Waals surface area (Å²) >= 11 is 0. The number of piperidine rings is 1. The molecule has 0 radical (unpaired) electrons. The summed E-state index contributed by atoms with van der Waals surface area (Å²) in [5, 5.41) is 7.82. The number of nitrogens with zero attached hydrogens (tertiary/aromatic N) is 4. The van der Waals surface area contributed by atoms with E-state index in [1.165, 1.54) is 0 Å². The van der Waals surface area contributed by atoms with Crippen molar-refractivity contribution in [1.82, 2.24) is 25.3 Å². The molecule has 8 nitrogen and oxygen atoms in total. The Morgan fingerprint density at radius 3 is 2.75 bits per heavy atom. The van der Waals surface area contributed by atoms with Gasteiger partial charge in [0, 0.05) is 42.3 Å². The molecule has 2 aliphatic rings. The van der Waals surface area contributed by atoms with Crippen molar-refractivity contribution in [1.29, 1.82) is 0 Å². The van der Waals surface area contributed by atoms with Crippen molar-refractivity contribution in [3.05, 3.63) is 42.6 Å². The lowest BCUT2D eigenvalue weighted by molar-refractivity contribution is -0.125. The van der Waals surface area contributed by atoms with Crippen LogP contribution < -0.4 is 10.6 Å². The van der Waals surface area contributed by atoms with Crippen molar-refractivity contribution in [2.75, 3.05) is 31.6 Å². The Labute approximate surface area is 187 Å². The minimum atomic E-state index is 0.0554. The van der Waals surface area contributed by atoms with Gasteiger partial charge in [0.1, 0.15) is 17.4 Å². The van der Waals surface area contributed by atoms with E-state index in [-0.39, 0.29) is 18.1 Å². The predicted octanol–water partition coefficient (Wildman–Crippen LogP) is 2.79. The van der Waals surface area contributed by atoms with Gasteiger partial charge in [-0.3, -0.25) is 9.78 Å². The number of fused-ring (bicyclic) bond motifs is 1. The molecular formula is C24H28N6O2. The monoisotopic (exact) mass is 432 g/mol. The molecule has 166 valence electrons. The Kier molecular flexibility index (Phi) is 6.31. The molecule has 2 saturated heterocycles. The van der Waals surface area contributed by atoms with Crippen molar-refractivity contribution < 1.29 is 9.53 Å². The number of rotatable bonds is 6. The summed E-state index contributed by atoms with van der Waals surface area (Å²) < 4.78 is 5.36. The molecule has 0 spiro atoms. The normalized spacial score (nSPS) is 18.0. The highest BCUT2D eigenvalue weighted by Crippen LogP contribution is 2.24. The maximum absolute atomic E-state index is 12.6. The molecule has 4 heterocycles. The van der Waals surface area contributed by atoms with Gasteiger partial charge >= 0.3 is 0 Å². The largest absolute Gasteiger partial charge is 0.381 e. The molecule has 0 amide bonds. The number of carbonyl (C=O) groups excluding carboxylic acids is 1. The third kappa shape index (κ3) is 4.92. The fourth-order valence-corrected chi connectivity index (χ4v) is 4.38. The number of nitrogens with one attached hydrogen (secondary N) is 2. The van der Waals surface area contributed by atoms with Crippen LogP contribution in [0.25, 0.3) is 22.2 Å². The van der Waals surface area contributed by atoms with E-state index < -0.39 is 0 Å². The molecule has 8 heteroatoms. The number of benzene rings is 1. The van der Waals surface area contributed by atoms with E-state index >= 15 is 0 Å². The lowest BCUT2D eigenvalue weighted by Gasteiger charge is -2.24. The number of aromatic nitrogens is 4. The number of hydrogen-bond donors (Lipinski definition) is 2. The van der Waals surface area contributed by atoms with E-state index in [2.05, 4.69) is 25.6 Å². The van der Waals surface area contributed by atoms with Crippen LogP contribution in [0.2, 0.25) is 0 Å². The number of hydrogen-bond acceptors (Lipinski definition) is 8. The highest BCUT2D eigenvalue weighted by atomic mass is 16.5. The van der Waals surface area contributed by atoms with Gasteiger partial charge in [0.15, 0.2) is 0 Å². The molecular weight excluding hydrogens is 404 g/mol. The fraction of sp³-hybridized carbons (Fsp3) is 0.458. The summed E-state index contributed by atoms with van der Waals surface area (Å²) in [5.41, 5.74) is 2.55. The Hall–Kier alpha value is -2.97. The van der Waals surface area contributed by atoms with E-state index in [4.69, 9.17) is 9.72 Å². The van der Waals surface area contributed by atoms with Gasteiger partial charge < -0.3 is 15.4 Å². The van der Waals surface area contributed by atoms with E-state index in [1.54, 1.807) is 18.6 Å². The molecule has 0 unspecified atom stereocenters. The summed E-state index contributed by atoms with van der Waals surface area (Å²) in [7, 11) is 0. The van der Waals surface area contributed by atoms with Crippen LogP contribution in [0, 0.1) is 5.92 Å². The van der Waals surface area contributed by atoms with E-state index in [0.717, 1.165) is 66.8 Å². The standard InChI is InChI=1S/C24H28N6O2/c31-22(16-5-9-32-10-6-16)12-23-27-13-18-2-1-17(11-20(18)29-23)21-14-26-15-24(30-21)28-19-3-7-25-8-4-19/h1-2,11,13-16,19,25H,3-10,12H2,(H,28,30). The zero-order valence-electron chi connectivity index (χ0n) is 18.1. The highest BCUT2D eigenvalue weighted by molar-refractivity contribution is 5.85. The third-order valence-electron chi connectivity index (χ3n) is 6.26. The lowest BCUT2D eigenvalue weighted by Crippen LogP contribution is -2.35. The maximum Gasteiger partial charge on any atom is 0.145 e. The lowest BCUT2D eigenvalue weighted by atomic mass is 9.93. The SMILES string of the molecule is O=C(Cc1ncc2ccc(-c3cncc(NC4CCNCC4)n3)cc2n1)C1CCOCC1. The first-order valence-electron chi connectivity index (χ1n) is 11.4. The average Bonchev–Trinajstić information content (AvgIpc) is 2.85. The molecule has 2 aliphatic heterocycles. The number of ether oxygens (including phenoxy) is 1. The second-order valence-corrected chi connectivity index (χ2v) is 8.55. The number of carbonyl (C=O) groups is 1. The number of Topliss-reactive ketones (excluding diaryl/α,β-unsaturated/α-hetero) is 1. The van der Waals surface area contributed by atoms with Gasteiger partial charge in [-0.25, -0.2) is 15.0 Å². The molecule has 5 rings (SSSR count). The quantitative estimate of drug-likeness (QED) is 0.613. The second-order valence-electron chi connectivity index (χ2n) is 8.55. The Balaban J connectivity index is 1.34. The van der Waals surface area contributed by atoms with Gasteiger partial charge in [-0.2, -0.15) is 0 Å². The van der Waals surface area contributed by atoms with Crippen molar-refractivity contribution >= 4 is 22.5 Å². The Bertz CT molecular complexity index is 1090. The average molecular weight is 433 g/mol. The minimum absolute atomic E-state index is 0.0554. The third-order valence-corrected chi connectivity index (χ3v) is 6.26. The van der Waals surface area contributed by atoms with Crippen molar-refractivity contribution in [2.24, 2.45) is 5.92 Å². The van der Waals surface area contributed by atoms with Gasteiger partial charge in [0.2, 0.25) is 0 Å². The fourth-order valence-electron chi connectivity index (χ4n) is 4.38. The molecule has 0 bridgehead atoms. The molecule has 2 N–H and O–H groups in total. The molecule has 0 saturated carbocycles. The van der Waals surface area contributed by atoms with Gasteiger partial charge in [0.25, 0.3) is 0 Å². The summed E-state index contributed by atoms with van der Waals surface area (Å²) in [6.07, 6.45) is 9.33. The zero-order valence-corrected chi connectivity index (χ0v) is 18.1. The van der Waals surface area contributed by atoms with Crippen LogP contribution in [0.3, 0.4) is 0 Å². The van der Waals surface area contributed by atoms with Gasteiger partial charge in [-0.05, 0) is 44.8 Å². The maximum atomic E-state index is 12.6. The molecule has 2 aromatic heterocycles.